The van der Waals surface area contributed by atoms with Crippen molar-refractivity contribution in [2.75, 3.05) is 5.32 Å². The summed E-state index contributed by atoms with van der Waals surface area (Å²) in [5, 5.41) is 5.13. The van der Waals surface area contributed by atoms with Crippen LogP contribution in [-0.2, 0) is 6.54 Å². The topological polar surface area (TPSA) is 55.6 Å². The molecule has 0 saturated carbocycles. The van der Waals surface area contributed by atoms with E-state index in [1.54, 1.807) is 12.5 Å². The molecule has 0 spiro atoms. The van der Waals surface area contributed by atoms with E-state index in [-0.39, 0.29) is 0 Å². The Hall–Kier alpha value is -3.70. The molecule has 1 N–H and O–H groups in total. The van der Waals surface area contributed by atoms with Crippen molar-refractivity contribution in [3.63, 3.8) is 0 Å². The van der Waals surface area contributed by atoms with Gasteiger partial charge in [-0.15, -0.1) is 0 Å². The monoisotopic (exact) mass is 425 g/mol. The van der Waals surface area contributed by atoms with E-state index in [2.05, 4.69) is 49.2 Å². The predicted octanol–water partition coefficient (Wildman–Crippen LogP) is 6.06. The van der Waals surface area contributed by atoms with E-state index in [0.717, 1.165) is 49.9 Å². The standard InChI is InChI=1S/C25H20ClN5/c1-17-10-11-20(13-22(17)26)31-15-21(18-7-3-2-4-8-18)23-24(29-16-30-25(23)31)28-14-19-9-5-6-12-27-19/h2-13,15-16H,14H2,1H3,(H,28,29,30). The number of nitrogens with zero attached hydrogens (tertiary/aromatic N) is 4. The van der Waals surface area contributed by atoms with Crippen molar-refractivity contribution < 1.29 is 0 Å². The van der Waals surface area contributed by atoms with Crippen LogP contribution in [0.3, 0.4) is 0 Å². The first kappa shape index (κ1) is 19.3. The maximum Gasteiger partial charge on any atom is 0.150 e. The molecule has 6 heteroatoms. The van der Waals surface area contributed by atoms with Crippen molar-refractivity contribution >= 4 is 28.5 Å². The molecule has 0 atom stereocenters. The zero-order valence-corrected chi connectivity index (χ0v) is 17.7. The van der Waals surface area contributed by atoms with Gasteiger partial charge in [0.15, 0.2) is 5.65 Å². The average molecular weight is 426 g/mol. The normalized spacial score (nSPS) is 11.0. The van der Waals surface area contributed by atoms with E-state index in [1.807, 2.05) is 55.5 Å². The molecule has 0 radical (unpaired) electrons. The molecule has 0 unspecified atom stereocenters. The first-order valence-corrected chi connectivity index (χ1v) is 10.4. The number of halogens is 1. The van der Waals surface area contributed by atoms with Gasteiger partial charge in [-0.3, -0.25) is 4.98 Å². The van der Waals surface area contributed by atoms with E-state index in [1.165, 1.54) is 0 Å². The highest BCUT2D eigenvalue weighted by Crippen LogP contribution is 2.36. The number of pyridine rings is 1. The van der Waals surface area contributed by atoms with E-state index in [4.69, 9.17) is 11.6 Å². The number of hydrogen-bond donors (Lipinski definition) is 1. The predicted molar refractivity (Wildman–Crippen MR) is 126 cm³/mol. The molecule has 5 rings (SSSR count). The van der Waals surface area contributed by atoms with E-state index in [9.17, 15) is 0 Å². The third-order valence-electron chi connectivity index (χ3n) is 5.26. The number of benzene rings is 2. The van der Waals surface area contributed by atoms with Gasteiger partial charge in [0, 0.05) is 28.7 Å². The van der Waals surface area contributed by atoms with E-state index in [0.29, 0.717) is 6.54 Å². The van der Waals surface area contributed by atoms with Crippen molar-refractivity contribution in [1.82, 2.24) is 19.5 Å². The minimum Gasteiger partial charge on any atom is -0.364 e. The average Bonchev–Trinajstić information content (AvgIpc) is 3.21. The van der Waals surface area contributed by atoms with Crippen LogP contribution in [0.4, 0.5) is 5.82 Å². The maximum atomic E-state index is 6.42. The Morgan fingerprint density at radius 2 is 1.77 bits per heavy atom. The number of rotatable bonds is 5. The first-order chi connectivity index (χ1) is 15.2. The van der Waals surface area contributed by atoms with Gasteiger partial charge in [-0.1, -0.05) is 54.1 Å². The molecule has 0 aliphatic rings. The van der Waals surface area contributed by atoms with Gasteiger partial charge in [0.2, 0.25) is 0 Å². The van der Waals surface area contributed by atoms with Crippen LogP contribution in [0, 0.1) is 6.92 Å². The Labute approximate surface area is 185 Å². The molecule has 0 aliphatic heterocycles. The van der Waals surface area contributed by atoms with Gasteiger partial charge < -0.3 is 9.88 Å². The summed E-state index contributed by atoms with van der Waals surface area (Å²) in [5.41, 5.74) is 5.91. The van der Waals surface area contributed by atoms with E-state index < -0.39 is 0 Å². The molecule has 3 heterocycles. The second-order valence-corrected chi connectivity index (χ2v) is 7.72. The molecule has 3 aromatic heterocycles. The molecule has 31 heavy (non-hydrogen) atoms. The number of aryl methyl sites for hydroxylation is 1. The van der Waals surface area contributed by atoms with Crippen LogP contribution in [0.15, 0.2) is 85.5 Å². The highest BCUT2D eigenvalue weighted by atomic mass is 35.5. The molecule has 0 fully saturated rings. The van der Waals surface area contributed by atoms with Crippen LogP contribution >= 0.6 is 11.6 Å². The summed E-state index contributed by atoms with van der Waals surface area (Å²) in [6.07, 6.45) is 5.48. The largest absolute Gasteiger partial charge is 0.364 e. The van der Waals surface area contributed by atoms with Crippen LogP contribution in [0.25, 0.3) is 27.8 Å². The zero-order valence-electron chi connectivity index (χ0n) is 17.0. The molecule has 0 aliphatic carbocycles. The van der Waals surface area contributed by atoms with Gasteiger partial charge in [0.1, 0.15) is 12.1 Å². The number of aromatic nitrogens is 4. The Morgan fingerprint density at radius 1 is 0.935 bits per heavy atom. The van der Waals surface area contributed by atoms with Gasteiger partial charge in [-0.2, -0.15) is 0 Å². The van der Waals surface area contributed by atoms with Crippen molar-refractivity contribution in [2.45, 2.75) is 13.5 Å². The molecule has 0 saturated heterocycles. The minimum atomic E-state index is 0.572. The Morgan fingerprint density at radius 3 is 2.55 bits per heavy atom. The van der Waals surface area contributed by atoms with Gasteiger partial charge in [-0.25, -0.2) is 9.97 Å². The van der Waals surface area contributed by atoms with Gasteiger partial charge >= 0.3 is 0 Å². The minimum absolute atomic E-state index is 0.572. The van der Waals surface area contributed by atoms with Crippen LogP contribution in [-0.4, -0.2) is 19.5 Å². The lowest BCUT2D eigenvalue weighted by molar-refractivity contribution is 1.02. The molecular formula is C25H20ClN5. The fraction of sp³-hybridized carbons (Fsp3) is 0.0800. The van der Waals surface area contributed by atoms with Crippen molar-refractivity contribution in [2.24, 2.45) is 0 Å². The van der Waals surface area contributed by atoms with Crippen LogP contribution in [0.5, 0.6) is 0 Å². The lowest BCUT2D eigenvalue weighted by atomic mass is 10.1. The summed E-state index contributed by atoms with van der Waals surface area (Å²) in [5.74, 6) is 0.770. The molecule has 2 aromatic carbocycles. The fourth-order valence-electron chi connectivity index (χ4n) is 3.64. The molecule has 152 valence electrons. The molecule has 5 aromatic rings. The number of nitrogens with one attached hydrogen (secondary N) is 1. The zero-order chi connectivity index (χ0) is 21.2. The van der Waals surface area contributed by atoms with Gasteiger partial charge in [0.25, 0.3) is 0 Å². The Bertz CT molecular complexity index is 1350. The first-order valence-electron chi connectivity index (χ1n) is 10.0. The van der Waals surface area contributed by atoms with Gasteiger partial charge in [0.05, 0.1) is 17.6 Å². The quantitative estimate of drug-likeness (QED) is 0.372. The van der Waals surface area contributed by atoms with Crippen molar-refractivity contribution in [3.8, 4) is 16.8 Å². The van der Waals surface area contributed by atoms with Crippen LogP contribution in [0.2, 0.25) is 5.02 Å². The fourth-order valence-corrected chi connectivity index (χ4v) is 3.81. The van der Waals surface area contributed by atoms with E-state index >= 15 is 0 Å². The van der Waals surface area contributed by atoms with Crippen LogP contribution < -0.4 is 5.32 Å². The smallest absolute Gasteiger partial charge is 0.150 e. The highest BCUT2D eigenvalue weighted by Gasteiger charge is 2.17. The third-order valence-corrected chi connectivity index (χ3v) is 5.67. The Kier molecular flexibility index (Phi) is 5.10. The highest BCUT2D eigenvalue weighted by molar-refractivity contribution is 6.31. The summed E-state index contributed by atoms with van der Waals surface area (Å²) < 4.78 is 2.07. The molecule has 0 bridgehead atoms. The summed E-state index contributed by atoms with van der Waals surface area (Å²) in [7, 11) is 0. The second-order valence-electron chi connectivity index (χ2n) is 7.31. The van der Waals surface area contributed by atoms with Crippen molar-refractivity contribution in [1.29, 1.82) is 0 Å². The number of hydrogen-bond acceptors (Lipinski definition) is 4. The molecule has 5 nitrogen and oxygen atoms in total. The summed E-state index contributed by atoms with van der Waals surface area (Å²) in [4.78, 5) is 13.6. The SMILES string of the molecule is Cc1ccc(-n2cc(-c3ccccc3)c3c(NCc4ccccn4)ncnc32)cc1Cl. The second kappa shape index (κ2) is 8.20. The number of fused-ring (bicyclic) bond motifs is 1. The molecule has 0 amide bonds. The van der Waals surface area contributed by atoms with Crippen LogP contribution in [0.1, 0.15) is 11.3 Å². The van der Waals surface area contributed by atoms with Crippen molar-refractivity contribution in [3.05, 3.63) is 102 Å². The third kappa shape index (κ3) is 3.76. The lowest BCUT2D eigenvalue weighted by Gasteiger charge is -2.09. The Balaban J connectivity index is 1.68. The molecular weight excluding hydrogens is 406 g/mol. The lowest BCUT2D eigenvalue weighted by Crippen LogP contribution is -2.04. The van der Waals surface area contributed by atoms with Gasteiger partial charge in [-0.05, 0) is 42.3 Å². The summed E-state index contributed by atoms with van der Waals surface area (Å²) in [6.45, 7) is 2.57. The summed E-state index contributed by atoms with van der Waals surface area (Å²) >= 11 is 6.42. The number of anilines is 1. The maximum absolute atomic E-state index is 6.42. The summed E-state index contributed by atoms with van der Waals surface area (Å²) in [6, 6.07) is 22.2.